The number of nitrogens with one attached hydrogen (secondary N) is 1. The van der Waals surface area contributed by atoms with Gasteiger partial charge >= 0.3 is 0 Å². The Labute approximate surface area is 155 Å². The summed E-state index contributed by atoms with van der Waals surface area (Å²) in [5.41, 5.74) is 2.30. The standard InChI is InChI=1S/C19H19BrN2O3/c1-2-9-22-16-11-15(7-8-17(16)25-12-19(22)24)21-18(23)10-13-3-5-14(20)6-4-13/h3-8,11H,2,9-10,12H2,1H3,(H,21,23). The summed E-state index contributed by atoms with van der Waals surface area (Å²) < 4.78 is 6.45. The van der Waals surface area contributed by atoms with Crippen LogP contribution in [0, 0.1) is 0 Å². The van der Waals surface area contributed by atoms with E-state index in [9.17, 15) is 9.59 Å². The van der Waals surface area contributed by atoms with Crippen molar-refractivity contribution in [3.05, 3.63) is 52.5 Å². The number of hydrogen-bond donors (Lipinski definition) is 1. The van der Waals surface area contributed by atoms with Gasteiger partial charge in [0, 0.05) is 16.7 Å². The topological polar surface area (TPSA) is 58.6 Å². The van der Waals surface area contributed by atoms with Gasteiger partial charge in [-0.15, -0.1) is 0 Å². The Kier molecular flexibility index (Phi) is 5.38. The molecule has 0 fully saturated rings. The Bertz CT molecular complexity index is 790. The first-order chi connectivity index (χ1) is 12.1. The molecule has 0 saturated heterocycles. The average molecular weight is 403 g/mol. The molecule has 0 aliphatic carbocycles. The monoisotopic (exact) mass is 402 g/mol. The molecule has 0 unspecified atom stereocenters. The fraction of sp³-hybridized carbons (Fsp3) is 0.263. The van der Waals surface area contributed by atoms with E-state index >= 15 is 0 Å². The first kappa shape index (κ1) is 17.5. The van der Waals surface area contributed by atoms with E-state index < -0.39 is 0 Å². The van der Waals surface area contributed by atoms with Crippen molar-refractivity contribution in [3.8, 4) is 5.75 Å². The molecular formula is C19H19BrN2O3. The van der Waals surface area contributed by atoms with Gasteiger partial charge in [0.25, 0.3) is 5.91 Å². The summed E-state index contributed by atoms with van der Waals surface area (Å²) in [5, 5.41) is 2.89. The number of halogens is 1. The molecule has 130 valence electrons. The summed E-state index contributed by atoms with van der Waals surface area (Å²) in [7, 11) is 0. The van der Waals surface area contributed by atoms with E-state index in [4.69, 9.17) is 4.74 Å². The van der Waals surface area contributed by atoms with Crippen molar-refractivity contribution >= 4 is 39.1 Å². The smallest absolute Gasteiger partial charge is 0.265 e. The van der Waals surface area contributed by atoms with Gasteiger partial charge < -0.3 is 15.0 Å². The van der Waals surface area contributed by atoms with Gasteiger partial charge in [0.2, 0.25) is 5.91 Å². The molecule has 6 heteroatoms. The van der Waals surface area contributed by atoms with Gasteiger partial charge in [0.1, 0.15) is 5.75 Å². The molecule has 0 spiro atoms. The van der Waals surface area contributed by atoms with Gasteiger partial charge in [0.05, 0.1) is 12.1 Å². The molecule has 1 N–H and O–H groups in total. The van der Waals surface area contributed by atoms with Gasteiger partial charge in [-0.3, -0.25) is 9.59 Å². The number of carbonyl (C=O) groups excluding carboxylic acids is 2. The maximum absolute atomic E-state index is 12.3. The highest BCUT2D eigenvalue weighted by atomic mass is 79.9. The van der Waals surface area contributed by atoms with Crippen LogP contribution >= 0.6 is 15.9 Å². The molecular weight excluding hydrogens is 384 g/mol. The number of amides is 2. The minimum absolute atomic E-state index is 0.0578. The Hall–Kier alpha value is -2.34. The molecule has 1 aliphatic rings. The number of benzene rings is 2. The second kappa shape index (κ2) is 7.70. The zero-order chi connectivity index (χ0) is 17.8. The largest absolute Gasteiger partial charge is 0.482 e. The number of anilines is 2. The summed E-state index contributed by atoms with van der Waals surface area (Å²) >= 11 is 3.38. The molecule has 1 heterocycles. The average Bonchev–Trinajstić information content (AvgIpc) is 2.59. The Morgan fingerprint density at radius 3 is 2.72 bits per heavy atom. The molecule has 0 aromatic heterocycles. The Morgan fingerprint density at radius 1 is 1.24 bits per heavy atom. The number of hydrogen-bond acceptors (Lipinski definition) is 3. The van der Waals surface area contributed by atoms with E-state index in [1.54, 1.807) is 23.1 Å². The lowest BCUT2D eigenvalue weighted by atomic mass is 10.1. The maximum atomic E-state index is 12.3. The highest BCUT2D eigenvalue weighted by Gasteiger charge is 2.25. The molecule has 3 rings (SSSR count). The lowest BCUT2D eigenvalue weighted by Gasteiger charge is -2.29. The molecule has 25 heavy (non-hydrogen) atoms. The highest BCUT2D eigenvalue weighted by Crippen LogP contribution is 2.34. The van der Waals surface area contributed by atoms with Crippen LogP contribution in [0.3, 0.4) is 0 Å². The molecule has 2 aromatic rings. The van der Waals surface area contributed by atoms with Crippen molar-refractivity contribution in [2.45, 2.75) is 19.8 Å². The van der Waals surface area contributed by atoms with Crippen molar-refractivity contribution in [3.63, 3.8) is 0 Å². The third-order valence-corrected chi connectivity index (χ3v) is 4.44. The molecule has 0 radical (unpaired) electrons. The number of rotatable bonds is 5. The number of nitrogens with zero attached hydrogens (tertiary/aromatic N) is 1. The number of carbonyl (C=O) groups is 2. The third-order valence-electron chi connectivity index (χ3n) is 3.91. The predicted octanol–water partition coefficient (Wildman–Crippen LogP) is 3.77. The second-order valence-electron chi connectivity index (χ2n) is 5.87. The molecule has 0 saturated carbocycles. The van der Waals surface area contributed by atoms with Gasteiger partial charge in [-0.25, -0.2) is 0 Å². The molecule has 5 nitrogen and oxygen atoms in total. The van der Waals surface area contributed by atoms with Crippen molar-refractivity contribution in [1.29, 1.82) is 0 Å². The SMILES string of the molecule is CCCN1C(=O)COc2ccc(NC(=O)Cc3ccc(Br)cc3)cc21. The van der Waals surface area contributed by atoms with E-state index in [0.717, 1.165) is 16.5 Å². The predicted molar refractivity (Wildman–Crippen MR) is 101 cm³/mol. The first-order valence-electron chi connectivity index (χ1n) is 8.18. The second-order valence-corrected chi connectivity index (χ2v) is 6.78. The Morgan fingerprint density at radius 2 is 2.00 bits per heavy atom. The molecule has 2 amide bonds. The fourth-order valence-corrected chi connectivity index (χ4v) is 3.01. The van der Waals surface area contributed by atoms with Crippen LogP contribution in [0.5, 0.6) is 5.75 Å². The van der Waals surface area contributed by atoms with Crippen LogP contribution in [0.1, 0.15) is 18.9 Å². The summed E-state index contributed by atoms with van der Waals surface area (Å²) in [6, 6.07) is 13.0. The minimum atomic E-state index is -0.104. The van der Waals surface area contributed by atoms with E-state index in [-0.39, 0.29) is 18.4 Å². The molecule has 0 bridgehead atoms. The summed E-state index contributed by atoms with van der Waals surface area (Å²) in [6.45, 7) is 2.71. The van der Waals surface area contributed by atoms with E-state index in [1.807, 2.05) is 31.2 Å². The van der Waals surface area contributed by atoms with Crippen molar-refractivity contribution < 1.29 is 14.3 Å². The van der Waals surface area contributed by atoms with Crippen LogP contribution in [-0.4, -0.2) is 25.0 Å². The van der Waals surface area contributed by atoms with Crippen molar-refractivity contribution in [2.75, 3.05) is 23.4 Å². The highest BCUT2D eigenvalue weighted by molar-refractivity contribution is 9.10. The third kappa shape index (κ3) is 4.20. The van der Waals surface area contributed by atoms with E-state index in [2.05, 4.69) is 21.2 Å². The van der Waals surface area contributed by atoms with Crippen molar-refractivity contribution in [1.82, 2.24) is 0 Å². The van der Waals surface area contributed by atoms with Crippen LogP contribution in [0.15, 0.2) is 46.9 Å². The van der Waals surface area contributed by atoms with E-state index in [0.29, 0.717) is 30.1 Å². The number of ether oxygens (including phenoxy) is 1. The fourth-order valence-electron chi connectivity index (χ4n) is 2.74. The van der Waals surface area contributed by atoms with Gasteiger partial charge in [-0.2, -0.15) is 0 Å². The minimum Gasteiger partial charge on any atom is -0.482 e. The lowest BCUT2D eigenvalue weighted by molar-refractivity contribution is -0.121. The van der Waals surface area contributed by atoms with Crippen LogP contribution in [0.25, 0.3) is 0 Å². The lowest BCUT2D eigenvalue weighted by Crippen LogP contribution is -2.39. The van der Waals surface area contributed by atoms with Crippen molar-refractivity contribution in [2.24, 2.45) is 0 Å². The zero-order valence-corrected chi connectivity index (χ0v) is 15.5. The zero-order valence-electron chi connectivity index (χ0n) is 13.9. The van der Waals surface area contributed by atoms with Gasteiger partial charge in [-0.05, 0) is 42.3 Å². The molecule has 1 aliphatic heterocycles. The van der Waals surface area contributed by atoms with Crippen LogP contribution in [0.2, 0.25) is 0 Å². The van der Waals surface area contributed by atoms with Gasteiger partial charge in [-0.1, -0.05) is 35.0 Å². The summed E-state index contributed by atoms with van der Waals surface area (Å²) in [4.78, 5) is 26.0. The van der Waals surface area contributed by atoms with Gasteiger partial charge in [0.15, 0.2) is 6.61 Å². The van der Waals surface area contributed by atoms with Crippen LogP contribution in [-0.2, 0) is 16.0 Å². The van der Waals surface area contributed by atoms with Crippen LogP contribution < -0.4 is 15.0 Å². The molecule has 0 atom stereocenters. The Balaban J connectivity index is 1.74. The normalized spacial score (nSPS) is 13.2. The first-order valence-corrected chi connectivity index (χ1v) is 8.97. The van der Waals surface area contributed by atoms with Crippen LogP contribution in [0.4, 0.5) is 11.4 Å². The number of fused-ring (bicyclic) bond motifs is 1. The summed E-state index contributed by atoms with van der Waals surface area (Å²) in [5.74, 6) is 0.499. The van der Waals surface area contributed by atoms with E-state index in [1.165, 1.54) is 0 Å². The maximum Gasteiger partial charge on any atom is 0.265 e. The molecule has 2 aromatic carbocycles. The quantitative estimate of drug-likeness (QED) is 0.827. The summed E-state index contributed by atoms with van der Waals surface area (Å²) in [6.07, 6.45) is 1.14.